The van der Waals surface area contributed by atoms with Gasteiger partial charge in [0.05, 0.1) is 12.7 Å². The van der Waals surface area contributed by atoms with Gasteiger partial charge in [0.15, 0.2) is 0 Å². The first-order chi connectivity index (χ1) is 5.29. The van der Waals surface area contributed by atoms with Gasteiger partial charge in [0.25, 0.3) is 0 Å². The number of likely N-dealkylation sites (tertiary alicyclic amines) is 1. The van der Waals surface area contributed by atoms with Gasteiger partial charge in [-0.15, -0.1) is 6.42 Å². The summed E-state index contributed by atoms with van der Waals surface area (Å²) in [4.78, 5) is 4.66. The zero-order valence-electron chi connectivity index (χ0n) is 7.38. The first-order valence-corrected chi connectivity index (χ1v) is 4.17. The summed E-state index contributed by atoms with van der Waals surface area (Å²) in [5.41, 5.74) is 0. The highest BCUT2D eigenvalue weighted by atomic mass is 15.4. The van der Waals surface area contributed by atoms with Gasteiger partial charge in [0.1, 0.15) is 0 Å². The summed E-state index contributed by atoms with van der Waals surface area (Å²) >= 11 is 0. The molecule has 0 aromatic carbocycles. The van der Waals surface area contributed by atoms with Crippen LogP contribution in [-0.2, 0) is 0 Å². The van der Waals surface area contributed by atoms with Crippen molar-refractivity contribution in [1.82, 2.24) is 9.80 Å². The van der Waals surface area contributed by atoms with Crippen LogP contribution < -0.4 is 0 Å². The minimum Gasteiger partial charge on any atom is -0.291 e. The average molecular weight is 152 g/mol. The standard InChI is InChI=1S/C9H16N2/c1-4-7-11(5-2)9-6-8-10(9)3/h1,9H,5-8H2,2-3H3. The van der Waals surface area contributed by atoms with E-state index in [2.05, 4.69) is 29.7 Å². The van der Waals surface area contributed by atoms with Crippen molar-refractivity contribution in [3.63, 3.8) is 0 Å². The van der Waals surface area contributed by atoms with Crippen LogP contribution in [-0.4, -0.2) is 42.6 Å². The highest BCUT2D eigenvalue weighted by Crippen LogP contribution is 2.17. The molecular weight excluding hydrogens is 136 g/mol. The maximum atomic E-state index is 5.26. The zero-order valence-corrected chi connectivity index (χ0v) is 7.38. The van der Waals surface area contributed by atoms with E-state index in [1.54, 1.807) is 0 Å². The van der Waals surface area contributed by atoms with Crippen LogP contribution in [0.5, 0.6) is 0 Å². The summed E-state index contributed by atoms with van der Waals surface area (Å²) < 4.78 is 0. The van der Waals surface area contributed by atoms with Crippen LogP contribution in [0, 0.1) is 12.3 Å². The number of hydrogen-bond donors (Lipinski definition) is 0. The molecule has 1 aliphatic rings. The third-order valence-corrected chi connectivity index (χ3v) is 2.37. The van der Waals surface area contributed by atoms with E-state index in [0.717, 1.165) is 13.1 Å². The summed E-state index contributed by atoms with van der Waals surface area (Å²) in [6, 6.07) is 0. The van der Waals surface area contributed by atoms with E-state index in [1.165, 1.54) is 13.0 Å². The van der Waals surface area contributed by atoms with Gasteiger partial charge in [-0.3, -0.25) is 9.80 Å². The molecule has 2 heteroatoms. The molecule has 0 aliphatic carbocycles. The summed E-state index contributed by atoms with van der Waals surface area (Å²) in [6.07, 6.45) is 7.13. The zero-order chi connectivity index (χ0) is 8.27. The summed E-state index contributed by atoms with van der Waals surface area (Å²) in [5.74, 6) is 2.69. The molecular formula is C9H16N2. The number of rotatable bonds is 3. The van der Waals surface area contributed by atoms with Crippen LogP contribution in [0.1, 0.15) is 13.3 Å². The Morgan fingerprint density at radius 3 is 2.73 bits per heavy atom. The quantitative estimate of drug-likeness (QED) is 0.546. The Kier molecular flexibility index (Phi) is 2.92. The molecule has 1 aliphatic heterocycles. The second-order valence-electron chi connectivity index (χ2n) is 3.02. The molecule has 0 aromatic rings. The van der Waals surface area contributed by atoms with Crippen molar-refractivity contribution in [2.24, 2.45) is 0 Å². The first kappa shape index (κ1) is 8.58. The third kappa shape index (κ3) is 1.74. The third-order valence-electron chi connectivity index (χ3n) is 2.37. The molecule has 1 saturated heterocycles. The smallest absolute Gasteiger partial charge is 0.0640 e. The largest absolute Gasteiger partial charge is 0.291 e. The Morgan fingerprint density at radius 2 is 2.45 bits per heavy atom. The average Bonchev–Trinajstić information content (AvgIpc) is 2.01. The van der Waals surface area contributed by atoms with E-state index < -0.39 is 0 Å². The molecule has 11 heavy (non-hydrogen) atoms. The first-order valence-electron chi connectivity index (χ1n) is 4.17. The van der Waals surface area contributed by atoms with Crippen molar-refractivity contribution in [3.8, 4) is 12.3 Å². The Labute approximate surface area is 69.2 Å². The Balaban J connectivity index is 2.36. The Hall–Kier alpha value is -0.520. The lowest BCUT2D eigenvalue weighted by Crippen LogP contribution is -2.55. The molecule has 0 aromatic heterocycles. The monoisotopic (exact) mass is 152 g/mol. The van der Waals surface area contributed by atoms with Gasteiger partial charge in [-0.2, -0.15) is 0 Å². The SMILES string of the molecule is C#CCN(CC)C1CCN1C. The highest BCUT2D eigenvalue weighted by molar-refractivity contribution is 4.91. The predicted molar refractivity (Wildman–Crippen MR) is 47.1 cm³/mol. The van der Waals surface area contributed by atoms with E-state index in [-0.39, 0.29) is 0 Å². The van der Waals surface area contributed by atoms with Crippen molar-refractivity contribution in [3.05, 3.63) is 0 Å². The van der Waals surface area contributed by atoms with Gasteiger partial charge < -0.3 is 0 Å². The van der Waals surface area contributed by atoms with Crippen molar-refractivity contribution in [2.45, 2.75) is 19.5 Å². The van der Waals surface area contributed by atoms with Crippen LogP contribution in [0.4, 0.5) is 0 Å². The van der Waals surface area contributed by atoms with Crippen molar-refractivity contribution in [1.29, 1.82) is 0 Å². The van der Waals surface area contributed by atoms with Crippen molar-refractivity contribution >= 4 is 0 Å². The lowest BCUT2D eigenvalue weighted by atomic mass is 10.1. The molecule has 0 bridgehead atoms. The summed E-state index contributed by atoms with van der Waals surface area (Å²) in [7, 11) is 2.15. The number of terminal acetylenes is 1. The fraction of sp³-hybridized carbons (Fsp3) is 0.778. The van der Waals surface area contributed by atoms with E-state index in [0.29, 0.717) is 6.17 Å². The van der Waals surface area contributed by atoms with Gasteiger partial charge in [-0.05, 0) is 20.0 Å². The molecule has 0 saturated carbocycles. The maximum absolute atomic E-state index is 5.26. The molecule has 0 amide bonds. The Bertz CT molecular complexity index is 159. The molecule has 1 fully saturated rings. The molecule has 62 valence electrons. The summed E-state index contributed by atoms with van der Waals surface area (Å²) in [5, 5.41) is 0. The van der Waals surface area contributed by atoms with Gasteiger partial charge in [-0.25, -0.2) is 0 Å². The fourth-order valence-corrected chi connectivity index (χ4v) is 1.51. The minimum atomic E-state index is 0.607. The van der Waals surface area contributed by atoms with Gasteiger partial charge in [0, 0.05) is 6.54 Å². The van der Waals surface area contributed by atoms with Crippen LogP contribution in [0.15, 0.2) is 0 Å². The molecule has 1 heterocycles. The normalized spacial score (nSPS) is 24.7. The molecule has 0 N–H and O–H groups in total. The van der Waals surface area contributed by atoms with E-state index in [1.807, 2.05) is 0 Å². The number of hydrogen-bond acceptors (Lipinski definition) is 2. The van der Waals surface area contributed by atoms with Gasteiger partial charge in [0.2, 0.25) is 0 Å². The van der Waals surface area contributed by atoms with E-state index in [4.69, 9.17) is 6.42 Å². The minimum absolute atomic E-state index is 0.607. The molecule has 1 atom stereocenters. The topological polar surface area (TPSA) is 6.48 Å². The van der Waals surface area contributed by atoms with Crippen molar-refractivity contribution in [2.75, 3.05) is 26.7 Å². The van der Waals surface area contributed by atoms with Crippen LogP contribution >= 0.6 is 0 Å². The molecule has 1 unspecified atom stereocenters. The number of nitrogens with zero attached hydrogens (tertiary/aromatic N) is 2. The lowest BCUT2D eigenvalue weighted by molar-refractivity contribution is -0.00442. The molecule has 2 nitrogen and oxygen atoms in total. The lowest BCUT2D eigenvalue weighted by Gasteiger charge is -2.44. The second kappa shape index (κ2) is 3.75. The fourth-order valence-electron chi connectivity index (χ4n) is 1.51. The van der Waals surface area contributed by atoms with Crippen LogP contribution in [0.25, 0.3) is 0 Å². The van der Waals surface area contributed by atoms with Crippen LogP contribution in [0.3, 0.4) is 0 Å². The predicted octanol–water partition coefficient (Wildman–Crippen LogP) is 0.603. The van der Waals surface area contributed by atoms with Crippen LogP contribution in [0.2, 0.25) is 0 Å². The summed E-state index contributed by atoms with van der Waals surface area (Å²) in [6.45, 7) is 5.21. The van der Waals surface area contributed by atoms with E-state index >= 15 is 0 Å². The van der Waals surface area contributed by atoms with E-state index in [9.17, 15) is 0 Å². The molecule has 0 spiro atoms. The molecule has 1 rings (SSSR count). The van der Waals surface area contributed by atoms with Crippen molar-refractivity contribution < 1.29 is 0 Å². The Morgan fingerprint density at radius 1 is 1.73 bits per heavy atom. The van der Waals surface area contributed by atoms with Gasteiger partial charge in [-0.1, -0.05) is 12.8 Å². The second-order valence-corrected chi connectivity index (χ2v) is 3.02. The maximum Gasteiger partial charge on any atom is 0.0640 e. The highest BCUT2D eigenvalue weighted by Gasteiger charge is 2.28. The van der Waals surface area contributed by atoms with Gasteiger partial charge >= 0.3 is 0 Å². The molecule has 0 radical (unpaired) electrons.